The third kappa shape index (κ3) is 2.66. The predicted molar refractivity (Wildman–Crippen MR) is 66.0 cm³/mol. The summed E-state index contributed by atoms with van der Waals surface area (Å²) in [5, 5.41) is 6.28. The Labute approximate surface area is 104 Å². The van der Waals surface area contributed by atoms with Gasteiger partial charge in [-0.15, -0.1) is 0 Å². The molecule has 1 aromatic carbocycles. The molecular formula is C10H13N5O2S. The van der Waals surface area contributed by atoms with Gasteiger partial charge in [-0.1, -0.05) is 6.07 Å². The molecule has 0 amide bonds. The lowest BCUT2D eigenvalue weighted by Gasteiger charge is -2.11. The molecule has 1 aromatic heterocycles. The van der Waals surface area contributed by atoms with E-state index in [1.165, 1.54) is 18.5 Å². The number of nitrogen functional groups attached to an aromatic ring is 1. The maximum Gasteiger partial charge on any atom is 0.241 e. The minimum atomic E-state index is -3.63. The molecule has 2 rings (SSSR count). The van der Waals surface area contributed by atoms with Crippen LogP contribution in [0.3, 0.4) is 0 Å². The second-order valence-electron chi connectivity index (χ2n) is 3.79. The van der Waals surface area contributed by atoms with Crippen LogP contribution in [0.5, 0.6) is 0 Å². The van der Waals surface area contributed by atoms with Gasteiger partial charge in [0.1, 0.15) is 12.2 Å². The van der Waals surface area contributed by atoms with Gasteiger partial charge in [0.05, 0.1) is 10.9 Å². The van der Waals surface area contributed by atoms with Gasteiger partial charge in [-0.2, -0.15) is 5.10 Å². The van der Waals surface area contributed by atoms with Gasteiger partial charge in [-0.3, -0.25) is 5.10 Å². The van der Waals surface area contributed by atoms with E-state index in [4.69, 9.17) is 5.73 Å². The van der Waals surface area contributed by atoms with E-state index in [2.05, 4.69) is 19.9 Å². The molecule has 96 valence electrons. The van der Waals surface area contributed by atoms with E-state index < -0.39 is 16.1 Å². The molecule has 0 radical (unpaired) electrons. The Morgan fingerprint density at radius 2 is 2.22 bits per heavy atom. The van der Waals surface area contributed by atoms with Crippen molar-refractivity contribution in [2.45, 2.75) is 17.9 Å². The Morgan fingerprint density at radius 3 is 2.83 bits per heavy atom. The summed E-state index contributed by atoms with van der Waals surface area (Å²) in [7, 11) is -3.63. The zero-order valence-corrected chi connectivity index (χ0v) is 10.5. The molecule has 0 aliphatic carbocycles. The normalized spacial score (nSPS) is 13.4. The van der Waals surface area contributed by atoms with Gasteiger partial charge >= 0.3 is 0 Å². The smallest absolute Gasteiger partial charge is 0.241 e. The molecule has 18 heavy (non-hydrogen) atoms. The number of H-pyrrole nitrogens is 1. The number of aromatic nitrogens is 3. The average molecular weight is 267 g/mol. The highest BCUT2D eigenvalue weighted by molar-refractivity contribution is 7.89. The zero-order valence-electron chi connectivity index (χ0n) is 9.66. The molecular weight excluding hydrogens is 254 g/mol. The maximum absolute atomic E-state index is 12.1. The van der Waals surface area contributed by atoms with Crippen LogP contribution in [-0.2, 0) is 10.0 Å². The van der Waals surface area contributed by atoms with Gasteiger partial charge in [0, 0.05) is 5.69 Å². The summed E-state index contributed by atoms with van der Waals surface area (Å²) in [5.41, 5.74) is 5.95. The summed E-state index contributed by atoms with van der Waals surface area (Å²) < 4.78 is 26.6. The van der Waals surface area contributed by atoms with Crippen molar-refractivity contribution in [2.75, 3.05) is 5.73 Å². The Bertz CT molecular complexity index is 623. The van der Waals surface area contributed by atoms with Crippen LogP contribution in [0.1, 0.15) is 18.8 Å². The molecule has 1 heterocycles. The third-order valence-corrected chi connectivity index (χ3v) is 3.88. The molecule has 0 aliphatic heterocycles. The summed E-state index contributed by atoms with van der Waals surface area (Å²) in [5.74, 6) is 0.447. The molecule has 0 spiro atoms. The monoisotopic (exact) mass is 267 g/mol. The standard InChI is InChI=1S/C10H13N5O2S/c1-7(10-12-6-13-14-10)15-18(16,17)9-4-2-3-8(11)5-9/h2-7,15H,11H2,1H3,(H,12,13,14). The first kappa shape index (κ1) is 12.5. The van der Waals surface area contributed by atoms with E-state index in [1.54, 1.807) is 19.1 Å². The first-order valence-electron chi connectivity index (χ1n) is 5.22. The summed E-state index contributed by atoms with van der Waals surface area (Å²) in [4.78, 5) is 4.01. The zero-order chi connectivity index (χ0) is 13.2. The largest absolute Gasteiger partial charge is 0.399 e. The number of benzene rings is 1. The molecule has 1 atom stereocenters. The highest BCUT2D eigenvalue weighted by Gasteiger charge is 2.19. The van der Waals surface area contributed by atoms with Gasteiger partial charge in [0.2, 0.25) is 10.0 Å². The Kier molecular flexibility index (Phi) is 3.30. The number of rotatable bonds is 4. The third-order valence-electron chi connectivity index (χ3n) is 2.34. The van der Waals surface area contributed by atoms with Gasteiger partial charge in [0.25, 0.3) is 0 Å². The van der Waals surface area contributed by atoms with Crippen molar-refractivity contribution in [3.05, 3.63) is 36.4 Å². The molecule has 1 unspecified atom stereocenters. The van der Waals surface area contributed by atoms with Crippen molar-refractivity contribution in [1.82, 2.24) is 19.9 Å². The molecule has 0 aliphatic rings. The van der Waals surface area contributed by atoms with E-state index in [0.717, 1.165) is 0 Å². The number of nitrogens with zero attached hydrogens (tertiary/aromatic N) is 2. The van der Waals surface area contributed by atoms with Crippen LogP contribution in [0.2, 0.25) is 0 Å². The van der Waals surface area contributed by atoms with Crippen LogP contribution in [0.15, 0.2) is 35.5 Å². The quantitative estimate of drug-likeness (QED) is 0.695. The van der Waals surface area contributed by atoms with Crippen LogP contribution in [0.4, 0.5) is 5.69 Å². The van der Waals surface area contributed by atoms with Crippen LogP contribution in [0, 0.1) is 0 Å². The Hall–Kier alpha value is -1.93. The summed E-state index contributed by atoms with van der Waals surface area (Å²) in [6.07, 6.45) is 1.32. The minimum Gasteiger partial charge on any atom is -0.399 e. The molecule has 2 aromatic rings. The number of hydrogen-bond acceptors (Lipinski definition) is 5. The predicted octanol–water partition coefficient (Wildman–Crippen LogP) is 0.426. The summed E-state index contributed by atoms with van der Waals surface area (Å²) in [6, 6.07) is 5.59. The Morgan fingerprint density at radius 1 is 1.44 bits per heavy atom. The number of sulfonamides is 1. The second kappa shape index (κ2) is 4.75. The van der Waals surface area contributed by atoms with E-state index in [9.17, 15) is 8.42 Å². The van der Waals surface area contributed by atoms with Crippen molar-refractivity contribution in [3.8, 4) is 0 Å². The topological polar surface area (TPSA) is 114 Å². The fraction of sp³-hybridized carbons (Fsp3) is 0.200. The van der Waals surface area contributed by atoms with E-state index in [0.29, 0.717) is 11.5 Å². The van der Waals surface area contributed by atoms with E-state index >= 15 is 0 Å². The molecule has 7 nitrogen and oxygen atoms in total. The van der Waals surface area contributed by atoms with Crippen LogP contribution in [-0.4, -0.2) is 23.6 Å². The van der Waals surface area contributed by atoms with Crippen molar-refractivity contribution in [2.24, 2.45) is 0 Å². The van der Waals surface area contributed by atoms with E-state index in [-0.39, 0.29) is 4.90 Å². The fourth-order valence-corrected chi connectivity index (χ4v) is 2.72. The van der Waals surface area contributed by atoms with Gasteiger partial charge in [-0.25, -0.2) is 18.1 Å². The lowest BCUT2D eigenvalue weighted by atomic mass is 10.3. The van der Waals surface area contributed by atoms with Crippen LogP contribution >= 0.6 is 0 Å². The number of nitrogens with one attached hydrogen (secondary N) is 2. The minimum absolute atomic E-state index is 0.119. The van der Waals surface area contributed by atoms with Crippen molar-refractivity contribution >= 4 is 15.7 Å². The fourth-order valence-electron chi connectivity index (χ4n) is 1.46. The van der Waals surface area contributed by atoms with Gasteiger partial charge < -0.3 is 5.73 Å². The number of aromatic amines is 1. The SMILES string of the molecule is CC(NS(=O)(=O)c1cccc(N)c1)c1ncn[nH]1. The first-order valence-corrected chi connectivity index (χ1v) is 6.70. The molecule has 0 saturated carbocycles. The van der Waals surface area contributed by atoms with Crippen molar-refractivity contribution < 1.29 is 8.42 Å². The summed E-state index contributed by atoms with van der Waals surface area (Å²) >= 11 is 0. The van der Waals surface area contributed by atoms with Crippen molar-refractivity contribution in [1.29, 1.82) is 0 Å². The van der Waals surface area contributed by atoms with Crippen LogP contribution < -0.4 is 10.5 Å². The molecule has 4 N–H and O–H groups in total. The highest BCUT2D eigenvalue weighted by atomic mass is 32.2. The average Bonchev–Trinajstić information content (AvgIpc) is 2.82. The Balaban J connectivity index is 2.22. The number of nitrogens with two attached hydrogens (primary N) is 1. The van der Waals surface area contributed by atoms with Gasteiger partial charge in [-0.05, 0) is 25.1 Å². The highest BCUT2D eigenvalue weighted by Crippen LogP contribution is 2.15. The van der Waals surface area contributed by atoms with Gasteiger partial charge in [0.15, 0.2) is 0 Å². The lowest BCUT2D eigenvalue weighted by molar-refractivity contribution is 0.560. The summed E-state index contributed by atoms with van der Waals surface area (Å²) in [6.45, 7) is 1.67. The van der Waals surface area contributed by atoms with E-state index in [1.807, 2.05) is 0 Å². The lowest BCUT2D eigenvalue weighted by Crippen LogP contribution is -2.27. The number of anilines is 1. The van der Waals surface area contributed by atoms with Crippen molar-refractivity contribution in [3.63, 3.8) is 0 Å². The molecule has 0 fully saturated rings. The second-order valence-corrected chi connectivity index (χ2v) is 5.50. The molecule has 0 bridgehead atoms. The molecule has 0 saturated heterocycles. The number of hydrogen-bond donors (Lipinski definition) is 3. The first-order chi connectivity index (χ1) is 8.49. The van der Waals surface area contributed by atoms with Crippen LogP contribution in [0.25, 0.3) is 0 Å². The molecule has 8 heteroatoms. The maximum atomic E-state index is 12.1.